The molecule has 5 heterocycles. The number of fused-ring (bicyclic) bond motifs is 11. The number of para-hydroxylation sites is 9. The Hall–Kier alpha value is -9.95. The van der Waals surface area contributed by atoms with Crippen LogP contribution in [0, 0.1) is 0 Å². The van der Waals surface area contributed by atoms with Gasteiger partial charge in [0.1, 0.15) is 0 Å². The Labute approximate surface area is 478 Å². The Kier molecular flexibility index (Phi) is 5.11. The summed E-state index contributed by atoms with van der Waals surface area (Å²) < 4.78 is 268. The van der Waals surface area contributed by atoms with Crippen molar-refractivity contribution < 1.29 is 38.4 Å². The maximum atomic E-state index is 11.0. The van der Waals surface area contributed by atoms with E-state index in [1.54, 1.807) is 24.3 Å². The molecule has 0 aliphatic carbocycles. The summed E-state index contributed by atoms with van der Waals surface area (Å²) >= 11 is 0. The Morgan fingerprint density at radius 1 is 0.316 bits per heavy atom. The molecule has 6 nitrogen and oxygen atoms in total. The monoisotopic (exact) mass is 1010 g/mol. The summed E-state index contributed by atoms with van der Waals surface area (Å²) in [4.78, 5) is 14.6. The van der Waals surface area contributed by atoms with Crippen LogP contribution < -0.4 is 20.7 Å². The highest BCUT2D eigenvalue weighted by Crippen LogP contribution is 2.40. The molecule has 0 saturated heterocycles. The number of hydrogen-bond donors (Lipinski definition) is 0. The van der Waals surface area contributed by atoms with Gasteiger partial charge >= 0.3 is 0 Å². The highest BCUT2D eigenvalue weighted by atomic mass is 28.3. The van der Waals surface area contributed by atoms with Gasteiger partial charge in [-0.2, -0.15) is 0 Å². The molecule has 11 aromatic carbocycles. The van der Waals surface area contributed by atoms with Crippen LogP contribution >= 0.6 is 0 Å². The van der Waals surface area contributed by atoms with Gasteiger partial charge < -0.3 is 13.7 Å². The highest BCUT2D eigenvalue weighted by molar-refractivity contribution is 7.21. The van der Waals surface area contributed by atoms with Crippen LogP contribution in [0.3, 0.4) is 0 Å². The fourth-order valence-electron chi connectivity index (χ4n) is 11.0. The fraction of sp³-hybridized carbons (Fsp3) is 0. The Bertz CT molecular complexity index is 6150. The fourth-order valence-corrected chi connectivity index (χ4v) is 15.9. The maximum absolute atomic E-state index is 11.0. The van der Waals surface area contributed by atoms with Crippen LogP contribution in [0.5, 0.6) is 0 Å². The first-order chi connectivity index (χ1) is 49.4. The van der Waals surface area contributed by atoms with Crippen molar-refractivity contribution in [2.24, 2.45) is 0 Å². The molecule has 0 fully saturated rings. The van der Waals surface area contributed by atoms with Crippen LogP contribution in [0.1, 0.15) is 38.4 Å². The minimum absolute atomic E-state index is 0.119. The molecule has 0 radical (unpaired) electrons. The summed E-state index contributed by atoms with van der Waals surface area (Å²) in [5.74, 6) is -2.89. The van der Waals surface area contributed by atoms with E-state index in [1.165, 1.54) is 0 Å². The van der Waals surface area contributed by atoms with Crippen LogP contribution in [0.15, 0.2) is 266 Å². The largest absolute Gasteiger partial charge is 0.309 e. The van der Waals surface area contributed by atoms with Crippen LogP contribution in [0.4, 0.5) is 0 Å². The lowest BCUT2D eigenvalue weighted by molar-refractivity contribution is 1.06. The summed E-state index contributed by atoms with van der Waals surface area (Å²) in [6, 6.07) is 3.90. The van der Waals surface area contributed by atoms with Crippen molar-refractivity contribution in [1.29, 1.82) is 0 Å². The van der Waals surface area contributed by atoms with Gasteiger partial charge in [-0.3, -0.25) is 0 Å². The van der Waals surface area contributed by atoms with Crippen LogP contribution in [0.2, 0.25) is 0 Å². The zero-order valence-electron chi connectivity index (χ0n) is 66.9. The lowest BCUT2D eigenvalue weighted by Gasteiger charge is -2.39. The summed E-state index contributed by atoms with van der Waals surface area (Å²) in [6.07, 6.45) is 0. The topological polar surface area (TPSA) is 53.5 Å². The van der Waals surface area contributed by atoms with E-state index < -0.39 is 266 Å². The van der Waals surface area contributed by atoms with E-state index in [4.69, 9.17) is 25.9 Å². The van der Waals surface area contributed by atoms with Crippen LogP contribution in [0.25, 0.3) is 117 Å². The van der Waals surface area contributed by atoms with Crippen LogP contribution in [-0.4, -0.2) is 36.7 Å². The van der Waals surface area contributed by atoms with Crippen molar-refractivity contribution in [1.82, 2.24) is 28.7 Å². The predicted octanol–water partition coefficient (Wildman–Crippen LogP) is 13.9. The second kappa shape index (κ2) is 16.5. The molecule has 16 rings (SSSR count). The molecule has 76 heavy (non-hydrogen) atoms. The Balaban J connectivity index is 1.14. The first-order valence-electron chi connectivity index (χ1n) is 37.7. The van der Waals surface area contributed by atoms with E-state index in [-0.39, 0.29) is 5.19 Å². The molecule has 4 aromatic heterocycles. The first kappa shape index (κ1) is 23.5. The van der Waals surface area contributed by atoms with Crippen molar-refractivity contribution in [2.75, 3.05) is 0 Å². The third kappa shape index (κ3) is 6.00. The van der Waals surface area contributed by atoms with E-state index in [0.717, 1.165) is 25.4 Å². The van der Waals surface area contributed by atoms with Crippen molar-refractivity contribution in [3.8, 4) is 51.2 Å². The zero-order valence-corrected chi connectivity index (χ0v) is 39.9. The molecule has 0 bridgehead atoms. The SMILES string of the molecule is [2H]c1c([2H])c([2H])c(-n2c3c([2H])c([2H])c([2H])c([2H])c3c3c([2H])c([2H])c([2H])c([2H])c32)c(-c2nc(-c3c([2H])c([2H])c([2H])c([Si]4(c5ccccc5)c5ccccc5-n5c6ccccc6c6cccc4c65)c3[2H])nc(-c3c([2H])c([2H])c([2H])c([2H])c3-n3c4c([2H])c([2H])c([2H])c([2H])c4c4c([2H])c([2H])c([2H])c([2H])c43)n2)c1[2H]. The average molecular weight is 1010 g/mol. The predicted molar refractivity (Wildman–Crippen MR) is 316 cm³/mol. The summed E-state index contributed by atoms with van der Waals surface area (Å²) in [5.41, 5.74) is -4.77. The molecule has 0 spiro atoms. The van der Waals surface area contributed by atoms with Gasteiger partial charge in [-0.25, -0.2) is 15.0 Å². The van der Waals surface area contributed by atoms with Crippen molar-refractivity contribution in [3.05, 3.63) is 266 Å². The smallest absolute Gasteiger partial charge is 0.184 e. The molecule has 1 atom stereocenters. The molecule has 0 amide bonds. The summed E-state index contributed by atoms with van der Waals surface area (Å²) in [7, 11) is -4.39. The molecule has 354 valence electrons. The maximum Gasteiger partial charge on any atom is 0.184 e. The van der Waals surface area contributed by atoms with E-state index in [2.05, 4.69) is 4.57 Å². The number of rotatable bonds is 7. The third-order valence-corrected chi connectivity index (χ3v) is 18.7. The molecule has 7 heteroatoms. The van der Waals surface area contributed by atoms with E-state index >= 15 is 0 Å². The average Bonchev–Trinajstić information content (AvgIpc) is 1.28. The Morgan fingerprint density at radius 2 is 0.803 bits per heavy atom. The Morgan fingerprint density at radius 3 is 1.42 bits per heavy atom. The normalized spacial score (nSPS) is 19.3. The van der Waals surface area contributed by atoms with E-state index in [1.807, 2.05) is 72.8 Å². The van der Waals surface area contributed by atoms with Gasteiger partial charge in [-0.1, -0.05) is 206 Å². The standard InChI is InChI=1S/C69H44N6Si/c1-2-23-46(24-3-1)76(64-42-19-18-41-63(64)75-60-38-15-8-30-52(60)53-33-21-43-65(76)66(53)75)47-25-20-22-45(44-47)67-70-68(54-31-9-16-39-61(54)73-56-34-11-4-26-48(56)49-27-5-12-35-57(49)73)72-69(71-67)55-32-10-17-40-62(55)74-58-36-13-6-28-50(58)51-29-7-14-37-59(51)74/h1-44H/i4D,5D,6D,7D,9D,10D,11D,12D,13D,14D,16D,17D,20D,22D,25D,26D,27D,28D,29D,31D,32D,34D,35D,36D,37D,39D,40D,44D. The van der Waals surface area contributed by atoms with Crippen molar-refractivity contribution in [3.63, 3.8) is 0 Å². The molecule has 1 aliphatic heterocycles. The lowest BCUT2D eigenvalue weighted by atomic mass is 10.1. The molecule has 1 aliphatic rings. The molecule has 15 aromatic rings. The number of benzene rings is 11. The van der Waals surface area contributed by atoms with Crippen molar-refractivity contribution in [2.45, 2.75) is 0 Å². The first-order valence-corrected chi connectivity index (χ1v) is 25.7. The molecular weight excluding hydrogens is 941 g/mol. The quantitative estimate of drug-likeness (QED) is 0.150. The number of hydrogen-bond acceptors (Lipinski definition) is 3. The molecule has 0 N–H and O–H groups in total. The van der Waals surface area contributed by atoms with E-state index in [9.17, 15) is 27.4 Å². The van der Waals surface area contributed by atoms with Crippen molar-refractivity contribution >= 4 is 94.2 Å². The van der Waals surface area contributed by atoms with E-state index in [0.29, 0.717) is 26.8 Å². The summed E-state index contributed by atoms with van der Waals surface area (Å²) in [5, 5.41) is 1.16. The van der Waals surface area contributed by atoms with Gasteiger partial charge in [0.15, 0.2) is 25.5 Å². The van der Waals surface area contributed by atoms with Gasteiger partial charge in [0.25, 0.3) is 0 Å². The van der Waals surface area contributed by atoms with Gasteiger partial charge in [0.2, 0.25) is 0 Å². The zero-order chi connectivity index (χ0) is 74.3. The second-order valence-electron chi connectivity index (χ2n) is 17.8. The van der Waals surface area contributed by atoms with Gasteiger partial charge in [-0.05, 0) is 81.2 Å². The van der Waals surface area contributed by atoms with Gasteiger partial charge in [-0.15, -0.1) is 0 Å². The van der Waals surface area contributed by atoms with Gasteiger partial charge in [0, 0.05) is 54.7 Å². The minimum atomic E-state index is -4.39. The third-order valence-electron chi connectivity index (χ3n) is 14.0. The van der Waals surface area contributed by atoms with Gasteiger partial charge in [0.05, 0.1) is 82.9 Å². The number of nitrogens with zero attached hydrogens (tertiary/aromatic N) is 6. The lowest BCUT2D eigenvalue weighted by Crippen LogP contribution is -2.76. The molecule has 1 unspecified atom stereocenters. The van der Waals surface area contributed by atoms with Crippen LogP contribution in [-0.2, 0) is 0 Å². The molecular formula is C69H44N6Si. The molecule has 0 saturated carbocycles. The number of aromatic nitrogens is 6. The minimum Gasteiger partial charge on any atom is -0.309 e. The highest BCUT2D eigenvalue weighted by Gasteiger charge is 2.48. The second-order valence-corrected chi connectivity index (χ2v) is 21.4. The summed E-state index contributed by atoms with van der Waals surface area (Å²) in [6.45, 7) is 0.